The number of carbonyl (C=O) groups is 2. The smallest absolute Gasteiger partial charge is 0.261 e. The summed E-state index contributed by atoms with van der Waals surface area (Å²) in [7, 11) is 0. The van der Waals surface area contributed by atoms with E-state index in [-0.39, 0.29) is 17.7 Å². The summed E-state index contributed by atoms with van der Waals surface area (Å²) in [5.41, 5.74) is 2.49. The molecule has 1 aliphatic carbocycles. The maximum absolute atomic E-state index is 14.3. The van der Waals surface area contributed by atoms with Gasteiger partial charge in [-0.3, -0.25) is 9.59 Å². The fourth-order valence-corrected chi connectivity index (χ4v) is 6.08. The number of aryl methyl sites for hydroxylation is 1. The fourth-order valence-electron chi connectivity index (χ4n) is 6.08. The Labute approximate surface area is 198 Å². The summed E-state index contributed by atoms with van der Waals surface area (Å²) in [6, 6.07) is 26.8. The Balaban J connectivity index is 1.54. The number of anilines is 2. The molecule has 0 radical (unpaired) electrons. The molecule has 0 unspecified atom stereocenters. The molecule has 1 saturated carbocycles. The second kappa shape index (κ2) is 6.97. The van der Waals surface area contributed by atoms with Crippen LogP contribution in [-0.2, 0) is 9.59 Å². The molecule has 6 heteroatoms. The Morgan fingerprint density at radius 2 is 1.12 bits per heavy atom. The van der Waals surface area contributed by atoms with Gasteiger partial charge in [-0.05, 0) is 50.6 Å². The first-order chi connectivity index (χ1) is 16.4. The molecule has 168 valence electrons. The third kappa shape index (κ3) is 2.35. The molecule has 3 aliphatic rings. The van der Waals surface area contributed by atoms with Crippen molar-refractivity contribution in [1.29, 1.82) is 0 Å². The van der Waals surface area contributed by atoms with Crippen molar-refractivity contribution in [3.05, 3.63) is 96.1 Å². The van der Waals surface area contributed by atoms with Gasteiger partial charge in [0.15, 0.2) is 0 Å². The van der Waals surface area contributed by atoms with Crippen molar-refractivity contribution in [2.24, 2.45) is 21.0 Å². The summed E-state index contributed by atoms with van der Waals surface area (Å²) < 4.78 is 0. The molecule has 3 aromatic carbocycles. The highest BCUT2D eigenvalue weighted by molar-refractivity contribution is 6.37. The summed E-state index contributed by atoms with van der Waals surface area (Å²) in [6.07, 6.45) is 0. The zero-order chi connectivity index (χ0) is 23.7. The van der Waals surface area contributed by atoms with E-state index in [4.69, 9.17) is 10.2 Å². The first-order valence-corrected chi connectivity index (χ1v) is 11.4. The van der Waals surface area contributed by atoms with Crippen LogP contribution < -0.4 is 10.0 Å². The van der Waals surface area contributed by atoms with Crippen molar-refractivity contribution >= 4 is 34.6 Å². The summed E-state index contributed by atoms with van der Waals surface area (Å²) >= 11 is 0. The van der Waals surface area contributed by atoms with Crippen molar-refractivity contribution in [2.45, 2.75) is 26.7 Å². The molecule has 0 saturated heterocycles. The lowest BCUT2D eigenvalue weighted by molar-refractivity contribution is -0.126. The molecule has 0 bridgehead atoms. The van der Waals surface area contributed by atoms with Gasteiger partial charge < -0.3 is 0 Å². The molecule has 3 aromatic rings. The second-order valence-corrected chi connectivity index (χ2v) is 9.24. The maximum atomic E-state index is 14.3. The first kappa shape index (κ1) is 20.5. The number of amides is 2. The zero-order valence-electron chi connectivity index (χ0n) is 19.3. The van der Waals surface area contributed by atoms with Gasteiger partial charge in [0.2, 0.25) is 0 Å². The Bertz CT molecular complexity index is 1310. The van der Waals surface area contributed by atoms with Crippen molar-refractivity contribution in [1.82, 2.24) is 0 Å². The molecule has 2 amide bonds. The van der Waals surface area contributed by atoms with Crippen LogP contribution in [-0.4, -0.2) is 23.2 Å². The maximum Gasteiger partial charge on any atom is 0.261 e. The van der Waals surface area contributed by atoms with E-state index in [9.17, 15) is 9.59 Å². The van der Waals surface area contributed by atoms with Gasteiger partial charge in [0, 0.05) is 5.92 Å². The monoisotopic (exact) mass is 448 g/mol. The van der Waals surface area contributed by atoms with Gasteiger partial charge in [0.05, 0.1) is 22.8 Å². The molecular weight excluding hydrogens is 424 g/mol. The van der Waals surface area contributed by atoms with E-state index in [0.29, 0.717) is 22.8 Å². The predicted molar refractivity (Wildman–Crippen MR) is 133 cm³/mol. The number of nitrogens with zero attached hydrogens (tertiary/aromatic N) is 4. The van der Waals surface area contributed by atoms with Crippen molar-refractivity contribution in [2.75, 3.05) is 10.0 Å². The number of hydrogen-bond donors (Lipinski definition) is 0. The Kier molecular flexibility index (Phi) is 4.21. The highest BCUT2D eigenvalue weighted by atomic mass is 16.2. The molecule has 2 spiro atoms. The molecule has 1 fully saturated rings. The molecular formula is C28H24N4O2. The zero-order valence-corrected chi connectivity index (χ0v) is 19.3. The molecule has 2 atom stereocenters. The largest absolute Gasteiger partial charge is 0.271 e. The lowest BCUT2D eigenvalue weighted by Gasteiger charge is -2.18. The highest BCUT2D eigenvalue weighted by Crippen LogP contribution is 2.79. The van der Waals surface area contributed by atoms with Crippen LogP contribution >= 0.6 is 0 Å². The lowest BCUT2D eigenvalue weighted by atomic mass is 9.85. The van der Waals surface area contributed by atoms with Crippen LogP contribution in [0.5, 0.6) is 0 Å². The van der Waals surface area contributed by atoms with Crippen molar-refractivity contribution in [3.8, 4) is 0 Å². The standard InChI is InChI=1S/C28H24N4O2/c1-18-11-10-12-21(17-18)24-27(19(2)29-31(25(27)33)22-13-6-4-7-14-22)28(24)20(3)30-32(26(28)34)23-15-8-5-9-16-23/h4-17,24H,1-3H3/t27-,28-/m1/s1. The van der Waals surface area contributed by atoms with Crippen LogP contribution in [0.25, 0.3) is 0 Å². The second-order valence-electron chi connectivity index (χ2n) is 9.24. The van der Waals surface area contributed by atoms with Crippen LogP contribution in [0.2, 0.25) is 0 Å². The van der Waals surface area contributed by atoms with E-state index in [1.54, 1.807) is 0 Å². The molecule has 6 rings (SSSR count). The molecule has 6 nitrogen and oxygen atoms in total. The van der Waals surface area contributed by atoms with Gasteiger partial charge in [0.25, 0.3) is 11.8 Å². The van der Waals surface area contributed by atoms with E-state index < -0.39 is 10.8 Å². The number of para-hydroxylation sites is 2. The van der Waals surface area contributed by atoms with Gasteiger partial charge in [0.1, 0.15) is 10.8 Å². The number of fused-ring (bicyclic) bond motifs is 1. The normalized spacial score (nSPS) is 27.6. The van der Waals surface area contributed by atoms with Gasteiger partial charge in [-0.25, -0.2) is 0 Å². The van der Waals surface area contributed by atoms with Crippen LogP contribution in [0.1, 0.15) is 30.9 Å². The van der Waals surface area contributed by atoms with E-state index in [1.807, 2.05) is 99.6 Å². The van der Waals surface area contributed by atoms with Crippen molar-refractivity contribution < 1.29 is 9.59 Å². The number of carbonyl (C=O) groups excluding carboxylic acids is 2. The minimum Gasteiger partial charge on any atom is -0.271 e. The SMILES string of the molecule is CC1=NN(c2ccccc2)C(=O)[C@]12C(c1cccc(C)c1)[C@]21C(=O)N(c2ccccc2)N=C1C. The van der Waals surface area contributed by atoms with Gasteiger partial charge >= 0.3 is 0 Å². The quantitative estimate of drug-likeness (QED) is 0.571. The highest BCUT2D eigenvalue weighted by Gasteiger charge is 2.91. The Morgan fingerprint density at radius 1 is 0.647 bits per heavy atom. The lowest BCUT2D eigenvalue weighted by Crippen LogP contribution is -2.40. The molecule has 0 aromatic heterocycles. The molecule has 2 aliphatic heterocycles. The summed E-state index contributed by atoms with van der Waals surface area (Å²) in [4.78, 5) is 28.5. The summed E-state index contributed by atoms with van der Waals surface area (Å²) in [6.45, 7) is 5.75. The fraction of sp³-hybridized carbons (Fsp3) is 0.214. The van der Waals surface area contributed by atoms with Gasteiger partial charge in [-0.1, -0.05) is 66.2 Å². The van der Waals surface area contributed by atoms with E-state index >= 15 is 0 Å². The van der Waals surface area contributed by atoms with E-state index in [1.165, 1.54) is 10.0 Å². The van der Waals surface area contributed by atoms with Gasteiger partial charge in [-0.15, -0.1) is 0 Å². The van der Waals surface area contributed by atoms with Gasteiger partial charge in [-0.2, -0.15) is 20.2 Å². The van der Waals surface area contributed by atoms with Crippen LogP contribution in [0.4, 0.5) is 11.4 Å². The Hall–Kier alpha value is -4.06. The Morgan fingerprint density at radius 3 is 1.56 bits per heavy atom. The molecule has 34 heavy (non-hydrogen) atoms. The van der Waals surface area contributed by atoms with E-state index in [0.717, 1.165) is 11.1 Å². The number of rotatable bonds is 3. The minimum absolute atomic E-state index is 0.180. The summed E-state index contributed by atoms with van der Waals surface area (Å²) in [5, 5.41) is 12.3. The molecule has 0 N–H and O–H groups in total. The van der Waals surface area contributed by atoms with Crippen LogP contribution in [0.3, 0.4) is 0 Å². The first-order valence-electron chi connectivity index (χ1n) is 11.4. The third-order valence-electron chi connectivity index (χ3n) is 7.48. The van der Waals surface area contributed by atoms with Crippen LogP contribution in [0, 0.1) is 17.8 Å². The number of hydrogen-bond acceptors (Lipinski definition) is 4. The average Bonchev–Trinajstić information content (AvgIpc) is 3.34. The minimum atomic E-state index is -1.11. The van der Waals surface area contributed by atoms with E-state index in [2.05, 4.69) is 6.07 Å². The predicted octanol–water partition coefficient (Wildman–Crippen LogP) is 4.91. The van der Waals surface area contributed by atoms with Crippen molar-refractivity contribution in [3.63, 3.8) is 0 Å². The molecule has 2 heterocycles. The van der Waals surface area contributed by atoms with Crippen LogP contribution in [0.15, 0.2) is 95.1 Å². The number of benzene rings is 3. The number of hydrazone groups is 2. The average molecular weight is 449 g/mol. The topological polar surface area (TPSA) is 65.3 Å². The third-order valence-corrected chi connectivity index (χ3v) is 7.48. The summed E-state index contributed by atoms with van der Waals surface area (Å²) in [5.74, 6) is -0.740.